The van der Waals surface area contributed by atoms with Crippen LogP contribution in [0.1, 0.15) is 89.9 Å². The fourth-order valence-corrected chi connectivity index (χ4v) is 5.55. The number of ketones is 4. The van der Waals surface area contributed by atoms with Crippen molar-refractivity contribution in [1.29, 1.82) is 0 Å². The molecule has 1 aliphatic heterocycles. The highest BCUT2D eigenvalue weighted by Crippen LogP contribution is 2.32. The van der Waals surface area contributed by atoms with Gasteiger partial charge in [0.2, 0.25) is 23.1 Å². The van der Waals surface area contributed by atoms with Gasteiger partial charge in [-0.1, -0.05) is 51.4 Å². The standard InChI is InChI=1S/C32H44O9/c1-37-27-19-23(33)31(39-3)21(29(27)35)15-11-7-5-9-13-17-25-26(41-25)18-14-10-6-8-12-16-22-30(36)28(38-2)20-24(34)32(22)40-4/h19-20,25-26H,5-18H2,1-4H3. The van der Waals surface area contributed by atoms with Crippen LogP contribution in [0.2, 0.25) is 0 Å². The van der Waals surface area contributed by atoms with Crippen molar-refractivity contribution in [2.45, 2.75) is 102 Å². The Morgan fingerprint density at radius 1 is 0.537 bits per heavy atom. The summed E-state index contributed by atoms with van der Waals surface area (Å²) in [6.45, 7) is 0. The fourth-order valence-electron chi connectivity index (χ4n) is 5.55. The first-order chi connectivity index (χ1) is 19.9. The van der Waals surface area contributed by atoms with Crippen LogP contribution >= 0.6 is 0 Å². The maximum atomic E-state index is 12.5. The first-order valence-corrected chi connectivity index (χ1v) is 14.7. The van der Waals surface area contributed by atoms with Crippen molar-refractivity contribution in [3.05, 3.63) is 46.3 Å². The average molecular weight is 573 g/mol. The number of ether oxygens (including phenoxy) is 5. The van der Waals surface area contributed by atoms with Crippen LogP contribution in [0.5, 0.6) is 0 Å². The second kappa shape index (κ2) is 16.3. The lowest BCUT2D eigenvalue weighted by atomic mass is 9.94. The number of methoxy groups -OCH3 is 4. The SMILES string of the molecule is COC1=CC(=O)C(OC)=C(CCCCCCCC2OC2CCCCCCCC2=C(OC)C(=O)C=C(OC)C2=O)C1=O. The Labute approximate surface area is 242 Å². The third-order valence-electron chi connectivity index (χ3n) is 7.88. The fraction of sp³-hybridized carbons (Fsp3) is 0.625. The van der Waals surface area contributed by atoms with E-state index in [1.807, 2.05) is 0 Å². The van der Waals surface area contributed by atoms with Gasteiger partial charge in [-0.2, -0.15) is 0 Å². The van der Waals surface area contributed by atoms with E-state index in [9.17, 15) is 19.2 Å². The second-order valence-electron chi connectivity index (χ2n) is 10.7. The van der Waals surface area contributed by atoms with E-state index in [0.717, 1.165) is 77.0 Å². The maximum Gasteiger partial charge on any atom is 0.227 e. The van der Waals surface area contributed by atoms with Crippen molar-refractivity contribution in [1.82, 2.24) is 0 Å². The Bertz CT molecular complexity index is 1020. The van der Waals surface area contributed by atoms with Gasteiger partial charge in [0, 0.05) is 23.3 Å². The first-order valence-electron chi connectivity index (χ1n) is 14.7. The molecule has 3 aliphatic rings. The van der Waals surface area contributed by atoms with Crippen molar-refractivity contribution in [3.63, 3.8) is 0 Å². The molecule has 2 unspecified atom stereocenters. The largest absolute Gasteiger partial charge is 0.493 e. The second-order valence-corrected chi connectivity index (χ2v) is 10.7. The molecule has 0 spiro atoms. The Morgan fingerprint density at radius 3 is 1.27 bits per heavy atom. The summed E-state index contributed by atoms with van der Waals surface area (Å²) >= 11 is 0. The Morgan fingerprint density at radius 2 is 0.902 bits per heavy atom. The van der Waals surface area contributed by atoms with E-state index < -0.39 is 0 Å². The number of Topliss-reactive ketones (excluding diaryl/α,β-unsaturated/α-hetero) is 2. The Kier molecular flexibility index (Phi) is 12.8. The zero-order valence-corrected chi connectivity index (χ0v) is 24.9. The van der Waals surface area contributed by atoms with Gasteiger partial charge in [-0.25, -0.2) is 0 Å². The van der Waals surface area contributed by atoms with Gasteiger partial charge in [-0.05, 0) is 38.5 Å². The van der Waals surface area contributed by atoms with Crippen molar-refractivity contribution in [2.24, 2.45) is 0 Å². The summed E-state index contributed by atoms with van der Waals surface area (Å²) < 4.78 is 26.3. The molecule has 2 atom stereocenters. The molecular weight excluding hydrogens is 528 g/mol. The summed E-state index contributed by atoms with van der Waals surface area (Å²) in [6, 6.07) is 0. The molecule has 0 N–H and O–H groups in total. The van der Waals surface area contributed by atoms with Crippen LogP contribution in [0, 0.1) is 0 Å². The molecule has 1 saturated heterocycles. The number of allylic oxidation sites excluding steroid dienone is 4. The zero-order valence-electron chi connectivity index (χ0n) is 24.9. The monoisotopic (exact) mass is 572 g/mol. The quantitative estimate of drug-likeness (QED) is 0.108. The van der Waals surface area contributed by atoms with E-state index in [-0.39, 0.29) is 46.2 Å². The lowest BCUT2D eigenvalue weighted by Gasteiger charge is -2.17. The first kappa shape index (κ1) is 32.3. The van der Waals surface area contributed by atoms with Crippen LogP contribution in [-0.4, -0.2) is 63.8 Å². The third kappa shape index (κ3) is 8.89. The molecule has 0 radical (unpaired) electrons. The molecule has 41 heavy (non-hydrogen) atoms. The number of hydrogen-bond acceptors (Lipinski definition) is 9. The Hall–Kier alpha value is -3.20. The van der Waals surface area contributed by atoms with Gasteiger partial charge in [0.05, 0.1) is 40.6 Å². The van der Waals surface area contributed by atoms with Gasteiger partial charge < -0.3 is 23.7 Å². The van der Waals surface area contributed by atoms with E-state index in [4.69, 9.17) is 23.7 Å². The molecule has 0 amide bonds. The number of rotatable bonds is 20. The maximum absolute atomic E-state index is 12.5. The smallest absolute Gasteiger partial charge is 0.227 e. The number of epoxide rings is 1. The summed E-state index contributed by atoms with van der Waals surface area (Å²) in [7, 11) is 5.62. The van der Waals surface area contributed by atoms with Crippen molar-refractivity contribution in [2.75, 3.05) is 28.4 Å². The van der Waals surface area contributed by atoms with Gasteiger partial charge in [0.1, 0.15) is 0 Å². The molecule has 0 saturated carbocycles. The molecule has 3 rings (SSSR count). The van der Waals surface area contributed by atoms with Gasteiger partial charge in [0.25, 0.3) is 0 Å². The molecule has 9 nitrogen and oxygen atoms in total. The van der Waals surface area contributed by atoms with Crippen molar-refractivity contribution < 1.29 is 42.9 Å². The van der Waals surface area contributed by atoms with Crippen LogP contribution < -0.4 is 0 Å². The molecular formula is C32H44O9. The van der Waals surface area contributed by atoms with Gasteiger partial charge in [-0.15, -0.1) is 0 Å². The van der Waals surface area contributed by atoms with Gasteiger partial charge >= 0.3 is 0 Å². The summed E-state index contributed by atoms with van der Waals surface area (Å²) in [4.78, 5) is 49.2. The molecule has 1 fully saturated rings. The lowest BCUT2D eigenvalue weighted by molar-refractivity contribution is -0.120. The van der Waals surface area contributed by atoms with Gasteiger partial charge in [-0.3, -0.25) is 19.2 Å². The van der Waals surface area contributed by atoms with Crippen LogP contribution in [0.4, 0.5) is 0 Å². The van der Waals surface area contributed by atoms with E-state index in [1.54, 1.807) is 0 Å². The molecule has 0 aromatic carbocycles. The molecule has 0 bridgehead atoms. The minimum absolute atomic E-state index is 0.0778. The minimum Gasteiger partial charge on any atom is -0.493 e. The number of unbranched alkanes of at least 4 members (excludes halogenated alkanes) is 8. The molecule has 226 valence electrons. The summed E-state index contributed by atoms with van der Waals surface area (Å²) in [6.07, 6.45) is 16.6. The normalized spacial score (nSPS) is 20.8. The molecule has 1 heterocycles. The van der Waals surface area contributed by atoms with Crippen molar-refractivity contribution in [3.8, 4) is 0 Å². The number of carbonyl (C=O) groups is 4. The average Bonchev–Trinajstić information content (AvgIpc) is 3.72. The highest BCUT2D eigenvalue weighted by molar-refractivity contribution is 6.21. The predicted octanol–water partition coefficient (Wildman–Crippen LogP) is 5.38. The van der Waals surface area contributed by atoms with E-state index in [2.05, 4.69) is 0 Å². The molecule has 9 heteroatoms. The van der Waals surface area contributed by atoms with E-state index in [0.29, 0.717) is 36.2 Å². The van der Waals surface area contributed by atoms with Crippen LogP contribution in [-0.2, 0) is 42.9 Å². The van der Waals surface area contributed by atoms with Crippen LogP contribution in [0.3, 0.4) is 0 Å². The number of hydrogen-bond donors (Lipinski definition) is 0. The highest BCUT2D eigenvalue weighted by Gasteiger charge is 2.37. The third-order valence-corrected chi connectivity index (χ3v) is 7.88. The molecule has 2 aliphatic carbocycles. The van der Waals surface area contributed by atoms with Crippen molar-refractivity contribution >= 4 is 23.1 Å². The molecule has 0 aromatic heterocycles. The van der Waals surface area contributed by atoms with Gasteiger partial charge in [0.15, 0.2) is 23.0 Å². The summed E-state index contributed by atoms with van der Waals surface area (Å²) in [5, 5.41) is 0. The zero-order chi connectivity index (χ0) is 29.8. The molecule has 0 aromatic rings. The summed E-state index contributed by atoms with van der Waals surface area (Å²) in [5.41, 5.74) is 0.829. The lowest BCUT2D eigenvalue weighted by Crippen LogP contribution is -2.21. The highest BCUT2D eigenvalue weighted by atomic mass is 16.6. The predicted molar refractivity (Wildman–Crippen MR) is 152 cm³/mol. The Balaban J connectivity index is 1.19. The van der Waals surface area contributed by atoms with E-state index in [1.165, 1.54) is 40.6 Å². The minimum atomic E-state index is -0.317. The van der Waals surface area contributed by atoms with E-state index >= 15 is 0 Å². The summed E-state index contributed by atoms with van der Waals surface area (Å²) in [5.74, 6) is -0.720. The number of carbonyl (C=O) groups excluding carboxylic acids is 4. The topological polar surface area (TPSA) is 118 Å². The van der Waals surface area contributed by atoms with Crippen LogP contribution in [0.15, 0.2) is 46.3 Å². The van der Waals surface area contributed by atoms with Crippen LogP contribution in [0.25, 0.3) is 0 Å².